The molecule has 0 spiro atoms. The maximum Gasteiger partial charge on any atom is 0.379 e. The molecule has 168 valence electrons. The zero-order valence-corrected chi connectivity index (χ0v) is 17.8. The highest BCUT2D eigenvalue weighted by Gasteiger charge is 2.49. The van der Waals surface area contributed by atoms with Crippen molar-refractivity contribution < 1.29 is 34.1 Å². The van der Waals surface area contributed by atoms with E-state index in [0.29, 0.717) is 6.42 Å². The number of Topliss-reactive ketones (excluding diaryl/α,β-unsaturated/α-hetero) is 1. The van der Waals surface area contributed by atoms with Crippen LogP contribution in [0.3, 0.4) is 0 Å². The number of ketones is 1. The van der Waals surface area contributed by atoms with Crippen molar-refractivity contribution in [2.24, 2.45) is 0 Å². The summed E-state index contributed by atoms with van der Waals surface area (Å²) in [7, 11) is 0. The van der Waals surface area contributed by atoms with Crippen molar-refractivity contribution in [3.63, 3.8) is 0 Å². The first-order chi connectivity index (χ1) is 14.0. The Morgan fingerprint density at radius 2 is 1.41 bits per heavy atom. The van der Waals surface area contributed by atoms with Crippen LogP contribution >= 0.6 is 0 Å². The van der Waals surface area contributed by atoms with E-state index in [1.807, 2.05) is 0 Å². The molecule has 1 aliphatic rings. The van der Waals surface area contributed by atoms with E-state index in [-0.39, 0.29) is 6.42 Å². The second kappa shape index (κ2) is 15.4. The molecule has 7 heteroatoms. The number of ether oxygens (including phenoxy) is 2. The molecule has 1 rings (SSSR count). The van der Waals surface area contributed by atoms with E-state index in [0.717, 1.165) is 19.3 Å². The van der Waals surface area contributed by atoms with Crippen molar-refractivity contribution in [1.29, 1.82) is 0 Å². The van der Waals surface area contributed by atoms with Crippen molar-refractivity contribution in [2.45, 2.75) is 115 Å². The molecule has 0 aromatic heterocycles. The van der Waals surface area contributed by atoms with Crippen LogP contribution in [0.4, 0.5) is 0 Å². The van der Waals surface area contributed by atoms with Gasteiger partial charge in [0.15, 0.2) is 6.10 Å². The molecule has 29 heavy (non-hydrogen) atoms. The average Bonchev–Trinajstić information content (AvgIpc) is 2.99. The molecule has 1 fully saturated rings. The highest BCUT2D eigenvalue weighted by Crippen LogP contribution is 2.20. The molecule has 0 amide bonds. The van der Waals surface area contributed by atoms with Gasteiger partial charge in [0.1, 0.15) is 6.10 Å². The van der Waals surface area contributed by atoms with E-state index in [2.05, 4.69) is 11.7 Å². The molecule has 0 aliphatic carbocycles. The SMILES string of the molecule is CCCCCCCCCCCCCCCC(=O)OC1C(=O)C(=O)O[C@@H]1[C@@H](O)CO. The molecule has 0 aromatic rings. The number of hydrogen-bond donors (Lipinski definition) is 2. The lowest BCUT2D eigenvalue weighted by molar-refractivity contribution is -0.160. The molecule has 2 N–H and O–H groups in total. The third-order valence-corrected chi connectivity index (χ3v) is 5.31. The Kier molecular flexibility index (Phi) is 13.6. The fourth-order valence-corrected chi connectivity index (χ4v) is 3.50. The molecular weight excluding hydrogens is 376 g/mol. The largest absolute Gasteiger partial charge is 0.450 e. The zero-order chi connectivity index (χ0) is 21.5. The molecule has 1 unspecified atom stereocenters. The van der Waals surface area contributed by atoms with Crippen LogP contribution < -0.4 is 0 Å². The maximum atomic E-state index is 11.9. The Bertz CT molecular complexity index is 492. The van der Waals surface area contributed by atoms with Gasteiger partial charge in [0.2, 0.25) is 6.10 Å². The predicted octanol–water partition coefficient (Wildman–Crippen LogP) is 3.23. The molecule has 7 nitrogen and oxygen atoms in total. The van der Waals surface area contributed by atoms with Crippen molar-refractivity contribution >= 4 is 17.7 Å². The first kappa shape index (κ1) is 25.6. The summed E-state index contributed by atoms with van der Waals surface area (Å²) in [5, 5.41) is 18.6. The minimum atomic E-state index is -1.47. The lowest BCUT2D eigenvalue weighted by atomic mass is 10.0. The van der Waals surface area contributed by atoms with Crippen LogP contribution in [0, 0.1) is 0 Å². The van der Waals surface area contributed by atoms with Gasteiger partial charge in [-0.25, -0.2) is 4.79 Å². The van der Waals surface area contributed by atoms with Gasteiger partial charge in [-0.15, -0.1) is 0 Å². The van der Waals surface area contributed by atoms with E-state index in [9.17, 15) is 19.5 Å². The molecule has 0 saturated carbocycles. The van der Waals surface area contributed by atoms with Crippen LogP contribution in [0.5, 0.6) is 0 Å². The van der Waals surface area contributed by atoms with Crippen molar-refractivity contribution in [3.05, 3.63) is 0 Å². The molecule has 1 aliphatic heterocycles. The van der Waals surface area contributed by atoms with E-state index in [1.165, 1.54) is 57.8 Å². The number of rotatable bonds is 17. The quantitative estimate of drug-likeness (QED) is 0.214. The smallest absolute Gasteiger partial charge is 0.379 e. The average molecular weight is 415 g/mol. The van der Waals surface area contributed by atoms with Crippen molar-refractivity contribution in [2.75, 3.05) is 6.61 Å². The highest BCUT2D eigenvalue weighted by molar-refractivity contribution is 6.37. The van der Waals surface area contributed by atoms with Gasteiger partial charge in [-0.3, -0.25) is 9.59 Å². The van der Waals surface area contributed by atoms with Crippen LogP contribution in [0.25, 0.3) is 0 Å². The fraction of sp³-hybridized carbons (Fsp3) is 0.864. The van der Waals surface area contributed by atoms with Gasteiger partial charge in [0, 0.05) is 6.42 Å². The molecule has 3 atom stereocenters. The summed E-state index contributed by atoms with van der Waals surface area (Å²) in [5.41, 5.74) is 0. The number of esters is 2. The van der Waals surface area contributed by atoms with Crippen LogP contribution in [-0.2, 0) is 23.9 Å². The van der Waals surface area contributed by atoms with Crippen LogP contribution in [0.15, 0.2) is 0 Å². The summed E-state index contributed by atoms with van der Waals surface area (Å²) in [6.07, 6.45) is 11.5. The summed E-state index contributed by atoms with van der Waals surface area (Å²) < 4.78 is 9.72. The standard InChI is InChI=1S/C22H38O7/c1-2-3-4-5-6-7-8-9-10-11-12-13-14-15-18(25)28-21-19(26)22(27)29-20(21)17(24)16-23/h17,20-21,23-24H,2-16H2,1H3/t17-,20+,21?/m0/s1. The lowest BCUT2D eigenvalue weighted by Crippen LogP contribution is -2.41. The Morgan fingerprint density at radius 1 is 0.931 bits per heavy atom. The second-order valence-corrected chi connectivity index (χ2v) is 7.89. The number of hydrogen-bond acceptors (Lipinski definition) is 7. The summed E-state index contributed by atoms with van der Waals surface area (Å²) in [5.74, 6) is -2.75. The van der Waals surface area contributed by atoms with Crippen molar-refractivity contribution in [3.8, 4) is 0 Å². The van der Waals surface area contributed by atoms with Gasteiger partial charge < -0.3 is 19.7 Å². The van der Waals surface area contributed by atoms with E-state index < -0.39 is 42.6 Å². The predicted molar refractivity (Wildman–Crippen MR) is 108 cm³/mol. The topological polar surface area (TPSA) is 110 Å². The minimum Gasteiger partial charge on any atom is -0.450 e. The Balaban J connectivity index is 2.04. The molecule has 0 aromatic carbocycles. The number of cyclic esters (lactones) is 1. The molecule has 1 saturated heterocycles. The molecular formula is C22H38O7. The summed E-state index contributed by atoms with van der Waals surface area (Å²) in [6.45, 7) is 1.54. The monoisotopic (exact) mass is 414 g/mol. The summed E-state index contributed by atoms with van der Waals surface area (Å²) in [4.78, 5) is 35.0. The zero-order valence-electron chi connectivity index (χ0n) is 17.8. The van der Waals surface area contributed by atoms with E-state index >= 15 is 0 Å². The van der Waals surface area contributed by atoms with Gasteiger partial charge >= 0.3 is 11.9 Å². The highest BCUT2D eigenvalue weighted by atomic mass is 16.6. The lowest BCUT2D eigenvalue weighted by Gasteiger charge is -2.20. The van der Waals surface area contributed by atoms with Gasteiger partial charge in [0.05, 0.1) is 6.61 Å². The Hall–Kier alpha value is -1.47. The normalized spacial score (nSPS) is 20.0. The maximum absolute atomic E-state index is 11.9. The number of carbonyl (C=O) groups is 3. The molecule has 0 radical (unpaired) electrons. The number of unbranched alkanes of at least 4 members (excludes halogenated alkanes) is 12. The molecule has 1 heterocycles. The summed E-state index contributed by atoms with van der Waals surface area (Å²) in [6, 6.07) is 0. The van der Waals surface area contributed by atoms with Crippen molar-refractivity contribution in [1.82, 2.24) is 0 Å². The molecule has 0 bridgehead atoms. The number of aliphatic hydroxyl groups excluding tert-OH is 2. The Labute approximate surface area is 174 Å². The van der Waals surface area contributed by atoms with Gasteiger partial charge in [0.25, 0.3) is 5.78 Å². The van der Waals surface area contributed by atoms with Crippen LogP contribution in [-0.4, -0.2) is 52.9 Å². The first-order valence-electron chi connectivity index (χ1n) is 11.2. The fourth-order valence-electron chi connectivity index (χ4n) is 3.50. The van der Waals surface area contributed by atoms with Crippen LogP contribution in [0.2, 0.25) is 0 Å². The Morgan fingerprint density at radius 3 is 1.90 bits per heavy atom. The minimum absolute atomic E-state index is 0.150. The first-order valence-corrected chi connectivity index (χ1v) is 11.2. The van der Waals surface area contributed by atoms with E-state index in [4.69, 9.17) is 9.84 Å². The van der Waals surface area contributed by atoms with E-state index in [1.54, 1.807) is 0 Å². The third-order valence-electron chi connectivity index (χ3n) is 5.31. The summed E-state index contributed by atoms with van der Waals surface area (Å²) >= 11 is 0. The van der Waals surface area contributed by atoms with Gasteiger partial charge in [-0.2, -0.15) is 0 Å². The second-order valence-electron chi connectivity index (χ2n) is 7.89. The van der Waals surface area contributed by atoms with Gasteiger partial charge in [-0.05, 0) is 6.42 Å². The number of carbonyl (C=O) groups excluding carboxylic acids is 3. The van der Waals surface area contributed by atoms with Crippen LogP contribution in [0.1, 0.15) is 96.8 Å². The van der Waals surface area contributed by atoms with Gasteiger partial charge in [-0.1, -0.05) is 84.0 Å². The number of aliphatic hydroxyl groups is 2. The third kappa shape index (κ3) is 10.2.